The van der Waals surface area contributed by atoms with Crippen LogP contribution in [0.5, 0.6) is 17.2 Å². The third kappa shape index (κ3) is 6.49. The van der Waals surface area contributed by atoms with Crippen LogP contribution in [0.4, 0.5) is 0 Å². The van der Waals surface area contributed by atoms with Gasteiger partial charge in [-0.1, -0.05) is 12.1 Å². The summed E-state index contributed by atoms with van der Waals surface area (Å²) >= 11 is 0. The molecular formula is C30H38N2O11. The van der Waals surface area contributed by atoms with Crippen LogP contribution in [0.2, 0.25) is 0 Å². The summed E-state index contributed by atoms with van der Waals surface area (Å²) in [5, 5.41) is 46.5. The number of benzene rings is 2. The second-order valence-electron chi connectivity index (χ2n) is 10.3. The lowest BCUT2D eigenvalue weighted by atomic mass is 9.72. The summed E-state index contributed by atoms with van der Waals surface area (Å²) < 4.78 is 16.1. The third-order valence-electron chi connectivity index (χ3n) is 7.20. The van der Waals surface area contributed by atoms with E-state index in [0.29, 0.717) is 0 Å². The minimum atomic E-state index is -2.10. The molecule has 0 unspecified atom stereocenters. The SMILES string of the molecule is CO.COCCC(=O)NCCNC(=O)[C@]1(O)Cc2c(O)c3c(c(O)c2[C@@H](OC(C)C)C1)C(=O)c1c(OC)cccc1C3=O. The Balaban J connectivity index is 0.00000248. The molecule has 2 atom stereocenters. The molecule has 0 radical (unpaired) electrons. The largest absolute Gasteiger partial charge is 0.507 e. The van der Waals surface area contributed by atoms with Gasteiger partial charge in [0.05, 0.1) is 42.6 Å². The van der Waals surface area contributed by atoms with Crippen molar-refractivity contribution in [2.24, 2.45) is 0 Å². The maximum atomic E-state index is 13.6. The first kappa shape index (κ1) is 33.5. The molecule has 0 spiro atoms. The van der Waals surface area contributed by atoms with Crippen molar-refractivity contribution in [1.29, 1.82) is 0 Å². The summed E-state index contributed by atoms with van der Waals surface area (Å²) in [6, 6.07) is 4.46. The van der Waals surface area contributed by atoms with Crippen molar-refractivity contribution in [2.45, 2.75) is 50.9 Å². The lowest BCUT2D eigenvalue weighted by Crippen LogP contribution is -2.53. The Morgan fingerprint density at radius 3 is 2.28 bits per heavy atom. The molecule has 4 rings (SSSR count). The highest BCUT2D eigenvalue weighted by Gasteiger charge is 2.49. The van der Waals surface area contributed by atoms with Crippen molar-refractivity contribution in [1.82, 2.24) is 10.6 Å². The van der Waals surface area contributed by atoms with Crippen molar-refractivity contribution in [3.05, 3.63) is 51.6 Å². The van der Waals surface area contributed by atoms with E-state index in [9.17, 15) is 34.5 Å². The molecule has 0 aliphatic heterocycles. The van der Waals surface area contributed by atoms with Crippen LogP contribution in [0.15, 0.2) is 18.2 Å². The average Bonchev–Trinajstić information content (AvgIpc) is 2.98. The van der Waals surface area contributed by atoms with Crippen LogP contribution >= 0.6 is 0 Å². The van der Waals surface area contributed by atoms with Crippen molar-refractivity contribution in [3.63, 3.8) is 0 Å². The van der Waals surface area contributed by atoms with Crippen LogP contribution in [0.3, 0.4) is 0 Å². The highest BCUT2D eigenvalue weighted by molar-refractivity contribution is 6.31. The molecule has 0 fully saturated rings. The topological polar surface area (TPSA) is 201 Å². The third-order valence-corrected chi connectivity index (χ3v) is 7.20. The van der Waals surface area contributed by atoms with E-state index >= 15 is 0 Å². The van der Waals surface area contributed by atoms with Crippen molar-refractivity contribution in [2.75, 3.05) is 41.0 Å². The summed E-state index contributed by atoms with van der Waals surface area (Å²) in [5.41, 5.74) is -3.01. The number of hydrogen-bond acceptors (Lipinski definition) is 11. The first-order chi connectivity index (χ1) is 20.4. The number of hydrogen-bond donors (Lipinski definition) is 6. The van der Waals surface area contributed by atoms with Gasteiger partial charge in [0, 0.05) is 63.3 Å². The summed E-state index contributed by atoms with van der Waals surface area (Å²) in [7, 11) is 3.82. The number of nitrogens with one attached hydrogen (secondary N) is 2. The number of aliphatic hydroxyl groups excluding tert-OH is 1. The van der Waals surface area contributed by atoms with Gasteiger partial charge in [-0.2, -0.15) is 0 Å². The van der Waals surface area contributed by atoms with E-state index in [1.165, 1.54) is 32.4 Å². The Kier molecular flexibility index (Phi) is 10.9. The Bertz CT molecular complexity index is 1410. The molecule has 2 aromatic carbocycles. The molecule has 0 bridgehead atoms. The fourth-order valence-corrected chi connectivity index (χ4v) is 5.36. The van der Waals surface area contributed by atoms with Gasteiger partial charge in [-0.25, -0.2) is 0 Å². The monoisotopic (exact) mass is 602 g/mol. The van der Waals surface area contributed by atoms with Gasteiger partial charge in [-0.05, 0) is 19.9 Å². The van der Waals surface area contributed by atoms with E-state index < -0.39 is 58.8 Å². The second-order valence-corrected chi connectivity index (χ2v) is 10.3. The maximum Gasteiger partial charge on any atom is 0.252 e. The zero-order chi connectivity index (χ0) is 32.1. The van der Waals surface area contributed by atoms with Crippen LogP contribution in [0.1, 0.15) is 75.8 Å². The standard InChI is InChI=1S/C29H34N2O10.CH4O/c1-14(2)41-18-13-29(38,28(37)31-10-9-30-19(32)8-11-39-3)12-16-21(18)27(36)23-22(25(16)34)24(33)15-6-5-7-17(40-4)20(15)26(23)35;1-2/h5-7,14,18,34,36,38H,8-13H2,1-4H3,(H,30,32)(H,31,37);2H,1H3/t18-,29-;/m0./s1. The Morgan fingerprint density at radius 2 is 1.65 bits per heavy atom. The first-order valence-corrected chi connectivity index (χ1v) is 13.7. The minimum absolute atomic E-state index is 0.00938. The molecule has 2 aliphatic carbocycles. The lowest BCUT2D eigenvalue weighted by Gasteiger charge is -2.39. The molecule has 13 nitrogen and oxygen atoms in total. The molecule has 0 saturated heterocycles. The smallest absolute Gasteiger partial charge is 0.252 e. The number of phenols is 2. The molecule has 6 N–H and O–H groups in total. The highest BCUT2D eigenvalue weighted by Crippen LogP contribution is 2.52. The van der Waals surface area contributed by atoms with Gasteiger partial charge in [-0.15, -0.1) is 0 Å². The quantitative estimate of drug-likeness (QED) is 0.142. The Morgan fingerprint density at radius 1 is 1.00 bits per heavy atom. The number of fused-ring (bicyclic) bond motifs is 3. The molecule has 0 aromatic heterocycles. The number of phenolic OH excluding ortho intramolecular Hbond substituents is 2. The fourth-order valence-electron chi connectivity index (χ4n) is 5.36. The van der Waals surface area contributed by atoms with Crippen LogP contribution < -0.4 is 15.4 Å². The first-order valence-electron chi connectivity index (χ1n) is 13.7. The van der Waals surface area contributed by atoms with Gasteiger partial charge in [0.15, 0.2) is 5.78 Å². The number of aliphatic hydroxyl groups is 2. The number of carbonyl (C=O) groups is 4. The van der Waals surface area contributed by atoms with Crippen molar-refractivity contribution < 1.29 is 53.8 Å². The van der Waals surface area contributed by atoms with Crippen LogP contribution in [-0.2, 0) is 25.5 Å². The predicted octanol–water partition coefficient (Wildman–Crippen LogP) is 0.903. The molecule has 2 amide bonds. The number of aromatic hydroxyl groups is 2. The van der Waals surface area contributed by atoms with Gasteiger partial charge in [-0.3, -0.25) is 19.2 Å². The Hall–Kier alpha value is -4.04. The molecule has 43 heavy (non-hydrogen) atoms. The van der Waals surface area contributed by atoms with E-state index in [1.54, 1.807) is 13.8 Å². The maximum absolute atomic E-state index is 13.6. The van der Waals surface area contributed by atoms with Crippen molar-refractivity contribution in [3.8, 4) is 17.2 Å². The minimum Gasteiger partial charge on any atom is -0.507 e. The number of ketones is 2. The number of carbonyl (C=O) groups excluding carboxylic acids is 4. The van der Waals surface area contributed by atoms with Gasteiger partial charge in [0.1, 0.15) is 22.8 Å². The molecular weight excluding hydrogens is 564 g/mol. The fraction of sp³-hybridized carbons (Fsp3) is 0.467. The number of methoxy groups -OCH3 is 2. The zero-order valence-corrected chi connectivity index (χ0v) is 24.8. The summed E-state index contributed by atoms with van der Waals surface area (Å²) in [6.07, 6.45) is -2.16. The van der Waals surface area contributed by atoms with E-state index in [0.717, 1.165) is 7.11 Å². The predicted molar refractivity (Wildman–Crippen MR) is 153 cm³/mol. The molecule has 2 aromatic rings. The van der Waals surface area contributed by atoms with Crippen LogP contribution in [0.25, 0.3) is 0 Å². The summed E-state index contributed by atoms with van der Waals surface area (Å²) in [6.45, 7) is 3.79. The summed E-state index contributed by atoms with van der Waals surface area (Å²) in [5.74, 6) is -3.52. The molecule has 234 valence electrons. The van der Waals surface area contributed by atoms with E-state index in [-0.39, 0.29) is 72.0 Å². The highest BCUT2D eigenvalue weighted by atomic mass is 16.5. The summed E-state index contributed by atoms with van der Waals surface area (Å²) in [4.78, 5) is 52.1. The van der Waals surface area contributed by atoms with E-state index in [2.05, 4.69) is 10.6 Å². The Labute approximate surface area is 248 Å². The molecule has 2 aliphatic rings. The van der Waals surface area contributed by atoms with Gasteiger partial charge >= 0.3 is 0 Å². The molecule has 0 heterocycles. The van der Waals surface area contributed by atoms with Crippen LogP contribution in [-0.4, -0.2) is 96.5 Å². The average molecular weight is 603 g/mol. The number of amides is 2. The van der Waals surface area contributed by atoms with Gasteiger partial charge in [0.25, 0.3) is 5.91 Å². The van der Waals surface area contributed by atoms with Gasteiger partial charge in [0.2, 0.25) is 11.7 Å². The van der Waals surface area contributed by atoms with Crippen molar-refractivity contribution >= 4 is 23.4 Å². The zero-order valence-electron chi connectivity index (χ0n) is 24.8. The number of ether oxygens (including phenoxy) is 3. The lowest BCUT2D eigenvalue weighted by molar-refractivity contribution is -0.147. The van der Waals surface area contributed by atoms with Gasteiger partial charge < -0.3 is 45.3 Å². The number of rotatable bonds is 10. The molecule has 13 heteroatoms. The molecule has 0 saturated carbocycles. The van der Waals surface area contributed by atoms with Crippen LogP contribution in [0, 0.1) is 0 Å². The second kappa shape index (κ2) is 14.0. The van der Waals surface area contributed by atoms with E-state index in [4.69, 9.17) is 19.3 Å². The normalized spacial score (nSPS) is 18.6. The van der Waals surface area contributed by atoms with E-state index in [1.807, 2.05) is 0 Å².